The SMILES string of the molecule is CC(=O)NC1(c2nc(C)cs2)CCN(Cc2cnc3cnccn23)C1. The first kappa shape index (κ1) is 16.2. The lowest BCUT2D eigenvalue weighted by atomic mass is 9.99. The van der Waals surface area contributed by atoms with Gasteiger partial charge in [0, 0.05) is 50.0 Å². The lowest BCUT2D eigenvalue weighted by molar-refractivity contribution is -0.120. The molecule has 1 aliphatic rings. The number of nitrogens with zero attached hydrogens (tertiary/aromatic N) is 5. The Morgan fingerprint density at radius 1 is 1.44 bits per heavy atom. The standard InChI is InChI=1S/C17H20N6OS/c1-12-10-25-16(20-12)17(21-13(2)24)3-5-22(11-17)9-14-7-19-15-8-18-4-6-23(14)15/h4,6-8,10H,3,5,9,11H2,1-2H3,(H,21,24). The highest BCUT2D eigenvalue weighted by molar-refractivity contribution is 7.09. The van der Waals surface area contributed by atoms with Gasteiger partial charge in [0.2, 0.25) is 5.91 Å². The lowest BCUT2D eigenvalue weighted by Gasteiger charge is -2.28. The van der Waals surface area contributed by atoms with Crippen LogP contribution in [0.15, 0.2) is 30.2 Å². The van der Waals surface area contributed by atoms with Crippen molar-refractivity contribution >= 4 is 22.9 Å². The minimum Gasteiger partial charge on any atom is -0.343 e. The Bertz CT molecular complexity index is 919. The number of likely N-dealkylation sites (tertiary alicyclic amines) is 1. The summed E-state index contributed by atoms with van der Waals surface area (Å²) >= 11 is 1.62. The maximum atomic E-state index is 11.8. The number of carbonyl (C=O) groups is 1. The molecule has 0 radical (unpaired) electrons. The average Bonchev–Trinajstić information content (AvgIpc) is 3.28. The van der Waals surface area contributed by atoms with Crippen LogP contribution in [-0.4, -0.2) is 43.2 Å². The Hall–Kier alpha value is -2.32. The Labute approximate surface area is 149 Å². The summed E-state index contributed by atoms with van der Waals surface area (Å²) in [6.45, 7) is 5.98. The number of amides is 1. The van der Waals surface area contributed by atoms with Crippen molar-refractivity contribution < 1.29 is 4.79 Å². The van der Waals surface area contributed by atoms with E-state index in [-0.39, 0.29) is 5.91 Å². The molecule has 3 aromatic heterocycles. The minimum atomic E-state index is -0.396. The van der Waals surface area contributed by atoms with E-state index in [2.05, 4.69) is 29.6 Å². The summed E-state index contributed by atoms with van der Waals surface area (Å²) in [5.74, 6) is -0.0180. The van der Waals surface area contributed by atoms with E-state index in [4.69, 9.17) is 0 Å². The number of aryl methyl sites for hydroxylation is 1. The molecule has 1 aliphatic heterocycles. The molecular weight excluding hydrogens is 336 g/mol. The third-order valence-corrected chi connectivity index (χ3v) is 5.74. The third-order valence-electron chi connectivity index (χ3n) is 4.57. The van der Waals surface area contributed by atoms with Crippen LogP contribution in [0.1, 0.15) is 29.7 Å². The van der Waals surface area contributed by atoms with Crippen molar-refractivity contribution in [3.63, 3.8) is 0 Å². The van der Waals surface area contributed by atoms with E-state index in [0.29, 0.717) is 0 Å². The second kappa shape index (κ2) is 6.20. The monoisotopic (exact) mass is 356 g/mol. The van der Waals surface area contributed by atoms with Gasteiger partial charge in [0.1, 0.15) is 10.5 Å². The van der Waals surface area contributed by atoms with Crippen LogP contribution in [0.4, 0.5) is 0 Å². The molecule has 3 aromatic rings. The van der Waals surface area contributed by atoms with Gasteiger partial charge in [0.15, 0.2) is 5.65 Å². The molecule has 1 unspecified atom stereocenters. The predicted molar refractivity (Wildman–Crippen MR) is 95.2 cm³/mol. The highest BCUT2D eigenvalue weighted by Gasteiger charge is 2.42. The summed E-state index contributed by atoms with van der Waals surface area (Å²) in [4.78, 5) is 27.3. The first-order valence-electron chi connectivity index (χ1n) is 8.25. The van der Waals surface area contributed by atoms with Crippen molar-refractivity contribution in [2.45, 2.75) is 32.4 Å². The zero-order valence-corrected chi connectivity index (χ0v) is 15.1. The summed E-state index contributed by atoms with van der Waals surface area (Å²) in [6, 6.07) is 0. The maximum Gasteiger partial charge on any atom is 0.217 e. The molecule has 7 nitrogen and oxygen atoms in total. The van der Waals surface area contributed by atoms with Crippen LogP contribution in [0.25, 0.3) is 5.65 Å². The minimum absolute atomic E-state index is 0.0180. The molecule has 1 saturated heterocycles. The van der Waals surface area contributed by atoms with Crippen molar-refractivity contribution in [1.29, 1.82) is 0 Å². The normalized spacial score (nSPS) is 21.0. The number of fused-ring (bicyclic) bond motifs is 1. The Balaban J connectivity index is 1.58. The van der Waals surface area contributed by atoms with Crippen LogP contribution in [0, 0.1) is 6.92 Å². The fourth-order valence-corrected chi connectivity index (χ4v) is 4.48. The Morgan fingerprint density at radius 2 is 2.32 bits per heavy atom. The number of thiazole rings is 1. The molecule has 4 rings (SSSR count). The van der Waals surface area contributed by atoms with Crippen molar-refractivity contribution in [3.8, 4) is 0 Å². The molecule has 8 heteroatoms. The van der Waals surface area contributed by atoms with Crippen LogP contribution >= 0.6 is 11.3 Å². The van der Waals surface area contributed by atoms with Gasteiger partial charge in [-0.2, -0.15) is 0 Å². The van der Waals surface area contributed by atoms with E-state index in [1.54, 1.807) is 30.7 Å². The van der Waals surface area contributed by atoms with Crippen molar-refractivity contribution in [3.05, 3.63) is 46.6 Å². The quantitative estimate of drug-likeness (QED) is 0.770. The predicted octanol–water partition coefficient (Wildman–Crippen LogP) is 1.73. The summed E-state index contributed by atoms with van der Waals surface area (Å²) in [5.41, 5.74) is 2.57. The molecule has 0 aliphatic carbocycles. The molecule has 0 spiro atoms. The summed E-state index contributed by atoms with van der Waals surface area (Å²) < 4.78 is 2.05. The second-order valence-corrected chi connectivity index (χ2v) is 7.43. The zero-order chi connectivity index (χ0) is 17.4. The van der Waals surface area contributed by atoms with Gasteiger partial charge in [-0.05, 0) is 13.3 Å². The highest BCUT2D eigenvalue weighted by Crippen LogP contribution is 2.34. The summed E-state index contributed by atoms with van der Waals surface area (Å²) in [6.07, 6.45) is 8.20. The number of imidazole rings is 1. The fraction of sp³-hybridized carbons (Fsp3) is 0.412. The number of hydrogen-bond acceptors (Lipinski definition) is 6. The maximum absolute atomic E-state index is 11.8. The molecule has 0 saturated carbocycles. The van der Waals surface area contributed by atoms with E-state index in [0.717, 1.165) is 48.1 Å². The van der Waals surface area contributed by atoms with E-state index in [1.165, 1.54) is 0 Å². The van der Waals surface area contributed by atoms with Gasteiger partial charge in [-0.25, -0.2) is 9.97 Å². The fourth-order valence-electron chi connectivity index (χ4n) is 3.51. The van der Waals surface area contributed by atoms with Gasteiger partial charge in [-0.15, -0.1) is 11.3 Å². The highest BCUT2D eigenvalue weighted by atomic mass is 32.1. The van der Waals surface area contributed by atoms with Crippen LogP contribution in [0.2, 0.25) is 0 Å². The van der Waals surface area contributed by atoms with Crippen LogP contribution in [-0.2, 0) is 16.9 Å². The van der Waals surface area contributed by atoms with Gasteiger partial charge in [0.05, 0.1) is 18.1 Å². The molecule has 1 amide bonds. The molecule has 0 aromatic carbocycles. The molecule has 1 N–H and O–H groups in total. The van der Waals surface area contributed by atoms with Crippen LogP contribution in [0.5, 0.6) is 0 Å². The van der Waals surface area contributed by atoms with Gasteiger partial charge in [0.25, 0.3) is 0 Å². The number of nitrogens with one attached hydrogen (secondary N) is 1. The number of aromatic nitrogens is 4. The molecule has 25 heavy (non-hydrogen) atoms. The van der Waals surface area contributed by atoms with Crippen molar-refractivity contribution in [2.24, 2.45) is 0 Å². The molecule has 130 valence electrons. The number of carbonyl (C=O) groups excluding carboxylic acids is 1. The second-order valence-electron chi connectivity index (χ2n) is 6.57. The largest absolute Gasteiger partial charge is 0.343 e. The number of hydrogen-bond donors (Lipinski definition) is 1. The summed E-state index contributed by atoms with van der Waals surface area (Å²) in [7, 11) is 0. The first-order valence-corrected chi connectivity index (χ1v) is 9.13. The van der Waals surface area contributed by atoms with Gasteiger partial charge < -0.3 is 5.32 Å². The molecule has 1 atom stereocenters. The van der Waals surface area contributed by atoms with Gasteiger partial charge in [-0.3, -0.25) is 19.1 Å². The molecular formula is C17H20N6OS. The topological polar surface area (TPSA) is 75.4 Å². The Morgan fingerprint density at radius 3 is 3.08 bits per heavy atom. The van der Waals surface area contributed by atoms with E-state index in [1.807, 2.05) is 24.7 Å². The van der Waals surface area contributed by atoms with Crippen molar-refractivity contribution in [1.82, 2.24) is 29.6 Å². The zero-order valence-electron chi connectivity index (χ0n) is 14.3. The summed E-state index contributed by atoms with van der Waals surface area (Å²) in [5, 5.41) is 6.20. The first-order chi connectivity index (χ1) is 12.1. The van der Waals surface area contributed by atoms with Crippen molar-refractivity contribution in [2.75, 3.05) is 13.1 Å². The Kier molecular flexibility index (Phi) is 4.01. The molecule has 4 heterocycles. The lowest BCUT2D eigenvalue weighted by Crippen LogP contribution is -2.47. The van der Waals surface area contributed by atoms with Crippen LogP contribution < -0.4 is 5.32 Å². The number of rotatable bonds is 4. The van der Waals surface area contributed by atoms with Gasteiger partial charge >= 0.3 is 0 Å². The smallest absolute Gasteiger partial charge is 0.217 e. The molecule has 0 bridgehead atoms. The van der Waals surface area contributed by atoms with Crippen LogP contribution in [0.3, 0.4) is 0 Å². The average molecular weight is 356 g/mol. The van der Waals surface area contributed by atoms with E-state index >= 15 is 0 Å². The van der Waals surface area contributed by atoms with Gasteiger partial charge in [-0.1, -0.05) is 0 Å². The van der Waals surface area contributed by atoms with E-state index in [9.17, 15) is 4.79 Å². The third kappa shape index (κ3) is 3.03. The molecule has 1 fully saturated rings. The van der Waals surface area contributed by atoms with E-state index < -0.39 is 5.54 Å².